The van der Waals surface area contributed by atoms with E-state index in [0.29, 0.717) is 13.2 Å². The maximum atomic E-state index is 11.9. The topological polar surface area (TPSA) is 98.5 Å². The van der Waals surface area contributed by atoms with Crippen molar-refractivity contribution in [1.82, 2.24) is 5.32 Å². The Morgan fingerprint density at radius 1 is 1.58 bits per heavy atom. The first-order valence-corrected chi connectivity index (χ1v) is 8.25. The highest BCUT2D eigenvalue weighted by molar-refractivity contribution is 7.91. The van der Waals surface area contributed by atoms with Gasteiger partial charge in [0.25, 0.3) is 0 Å². The van der Waals surface area contributed by atoms with Crippen LogP contribution in [0.3, 0.4) is 0 Å². The van der Waals surface area contributed by atoms with Crippen molar-refractivity contribution in [3.8, 4) is 0 Å². The van der Waals surface area contributed by atoms with E-state index in [2.05, 4.69) is 5.32 Å². The third kappa shape index (κ3) is 3.53. The Morgan fingerprint density at radius 3 is 2.84 bits per heavy atom. The summed E-state index contributed by atoms with van der Waals surface area (Å²) >= 11 is 1.07. The van der Waals surface area contributed by atoms with Crippen molar-refractivity contribution in [2.45, 2.75) is 30.2 Å². The highest BCUT2D eigenvalue weighted by atomic mass is 32.2. The number of carbonyl (C=O) groups excluding carboxylic acids is 1. The van der Waals surface area contributed by atoms with Crippen LogP contribution in [0.2, 0.25) is 0 Å². The maximum absolute atomic E-state index is 11.9. The minimum absolute atomic E-state index is 0.0597. The molecule has 2 unspecified atom stereocenters. The molecule has 2 heterocycles. The average Bonchev–Trinajstić information content (AvgIpc) is 2.93. The number of sulfonamides is 1. The molecule has 2 rings (SSSR count). The second kappa shape index (κ2) is 5.58. The van der Waals surface area contributed by atoms with E-state index >= 15 is 0 Å². The largest absolute Gasteiger partial charge is 0.378 e. The van der Waals surface area contributed by atoms with Crippen molar-refractivity contribution in [3.63, 3.8) is 0 Å². The van der Waals surface area contributed by atoms with Crippen molar-refractivity contribution in [1.29, 1.82) is 0 Å². The van der Waals surface area contributed by atoms with Crippen LogP contribution in [0.4, 0.5) is 0 Å². The normalized spacial score (nSPS) is 23.5. The Morgan fingerprint density at radius 2 is 2.32 bits per heavy atom. The molecule has 0 spiro atoms. The molecule has 1 aliphatic heterocycles. The molecule has 1 fully saturated rings. The summed E-state index contributed by atoms with van der Waals surface area (Å²) in [6, 6.07) is 3.10. The van der Waals surface area contributed by atoms with E-state index in [0.717, 1.165) is 22.6 Å². The molecule has 2 atom stereocenters. The third-order valence-electron chi connectivity index (χ3n) is 3.07. The SMILES string of the molecule is CC1OCCC1C(=O)NCc1ccc(S(N)(=O)=O)s1. The lowest BCUT2D eigenvalue weighted by molar-refractivity contribution is -0.126. The summed E-state index contributed by atoms with van der Waals surface area (Å²) in [5.41, 5.74) is 0. The molecule has 8 heteroatoms. The Balaban J connectivity index is 1.92. The lowest BCUT2D eigenvalue weighted by Crippen LogP contribution is -2.33. The summed E-state index contributed by atoms with van der Waals surface area (Å²) in [5.74, 6) is -0.187. The van der Waals surface area contributed by atoms with Gasteiger partial charge in [0.1, 0.15) is 4.21 Å². The predicted molar refractivity (Wildman–Crippen MR) is 71.1 cm³/mol. The zero-order chi connectivity index (χ0) is 14.0. The third-order valence-corrected chi connectivity index (χ3v) is 5.59. The number of carbonyl (C=O) groups is 1. The van der Waals surface area contributed by atoms with E-state index in [1.54, 1.807) is 6.07 Å². The van der Waals surface area contributed by atoms with E-state index in [-0.39, 0.29) is 22.1 Å². The predicted octanol–water partition coefficient (Wildman–Crippen LogP) is 0.437. The standard InChI is InChI=1S/C11H16N2O4S2/c1-7-9(4-5-17-7)11(14)13-6-8-2-3-10(18-8)19(12,15)16/h2-3,7,9H,4-6H2,1H3,(H,13,14)(H2,12,15,16). The first-order chi connectivity index (χ1) is 8.88. The summed E-state index contributed by atoms with van der Waals surface area (Å²) in [5, 5.41) is 7.81. The number of hydrogen-bond donors (Lipinski definition) is 2. The summed E-state index contributed by atoms with van der Waals surface area (Å²) in [6.07, 6.45) is 0.656. The van der Waals surface area contributed by atoms with Gasteiger partial charge in [0, 0.05) is 11.5 Å². The van der Waals surface area contributed by atoms with Crippen LogP contribution in [0, 0.1) is 5.92 Å². The minimum Gasteiger partial charge on any atom is -0.378 e. The molecule has 0 aromatic carbocycles. The first-order valence-electron chi connectivity index (χ1n) is 5.89. The molecule has 3 N–H and O–H groups in total. The summed E-state index contributed by atoms with van der Waals surface area (Å²) in [6.45, 7) is 2.79. The van der Waals surface area contributed by atoms with E-state index in [4.69, 9.17) is 9.88 Å². The van der Waals surface area contributed by atoms with E-state index in [1.165, 1.54) is 6.07 Å². The molecule has 0 bridgehead atoms. The first kappa shape index (κ1) is 14.4. The lowest BCUT2D eigenvalue weighted by Gasteiger charge is -2.13. The molecule has 1 aliphatic rings. The molecule has 1 saturated heterocycles. The van der Waals surface area contributed by atoms with Crippen LogP contribution in [-0.2, 0) is 26.1 Å². The molecule has 1 amide bonds. The van der Waals surface area contributed by atoms with Crippen LogP contribution in [0.1, 0.15) is 18.2 Å². The second-order valence-corrected chi connectivity index (χ2v) is 7.41. The van der Waals surface area contributed by atoms with E-state index in [1.807, 2.05) is 6.92 Å². The highest BCUT2D eigenvalue weighted by Crippen LogP contribution is 2.22. The number of nitrogens with two attached hydrogens (primary N) is 1. The zero-order valence-corrected chi connectivity index (χ0v) is 12.1. The molecule has 0 saturated carbocycles. The molecular weight excluding hydrogens is 288 g/mol. The van der Waals surface area contributed by atoms with Gasteiger partial charge in [-0.15, -0.1) is 11.3 Å². The number of amides is 1. The van der Waals surface area contributed by atoms with Gasteiger partial charge in [-0.05, 0) is 25.5 Å². The van der Waals surface area contributed by atoms with Crippen LogP contribution < -0.4 is 10.5 Å². The van der Waals surface area contributed by atoms with E-state index < -0.39 is 10.0 Å². The fraction of sp³-hybridized carbons (Fsp3) is 0.545. The van der Waals surface area contributed by atoms with Crippen molar-refractivity contribution >= 4 is 27.3 Å². The fourth-order valence-electron chi connectivity index (χ4n) is 1.99. The fourth-order valence-corrected chi connectivity index (χ4v) is 3.71. The van der Waals surface area contributed by atoms with Crippen LogP contribution in [-0.4, -0.2) is 27.0 Å². The van der Waals surface area contributed by atoms with Gasteiger partial charge < -0.3 is 10.1 Å². The van der Waals surface area contributed by atoms with Crippen LogP contribution in [0.5, 0.6) is 0 Å². The van der Waals surface area contributed by atoms with Gasteiger partial charge in [0.05, 0.1) is 18.6 Å². The van der Waals surface area contributed by atoms with Crippen molar-refractivity contribution < 1.29 is 17.9 Å². The number of nitrogens with one attached hydrogen (secondary N) is 1. The number of primary sulfonamides is 1. The Kier molecular flexibility index (Phi) is 4.24. The smallest absolute Gasteiger partial charge is 0.247 e. The Labute approximate surface area is 116 Å². The second-order valence-electron chi connectivity index (χ2n) is 4.45. The van der Waals surface area contributed by atoms with E-state index in [9.17, 15) is 13.2 Å². The lowest BCUT2D eigenvalue weighted by atomic mass is 10.0. The zero-order valence-electron chi connectivity index (χ0n) is 10.5. The Hall–Kier alpha value is -0.960. The molecule has 6 nitrogen and oxygen atoms in total. The van der Waals surface area contributed by atoms with Crippen molar-refractivity contribution in [2.75, 3.05) is 6.61 Å². The molecule has 0 radical (unpaired) electrons. The monoisotopic (exact) mass is 304 g/mol. The quantitative estimate of drug-likeness (QED) is 0.843. The van der Waals surface area contributed by atoms with Crippen LogP contribution in [0.25, 0.3) is 0 Å². The van der Waals surface area contributed by atoms with Gasteiger partial charge in [0.15, 0.2) is 0 Å². The molecule has 1 aromatic heterocycles. The summed E-state index contributed by atoms with van der Waals surface area (Å²) in [4.78, 5) is 12.7. The van der Waals surface area contributed by atoms with Crippen LogP contribution in [0.15, 0.2) is 16.3 Å². The van der Waals surface area contributed by atoms with Gasteiger partial charge in [-0.2, -0.15) is 0 Å². The van der Waals surface area contributed by atoms with Gasteiger partial charge in [-0.1, -0.05) is 0 Å². The number of ether oxygens (including phenoxy) is 1. The molecule has 106 valence electrons. The van der Waals surface area contributed by atoms with Gasteiger partial charge >= 0.3 is 0 Å². The summed E-state index contributed by atoms with van der Waals surface area (Å²) < 4.78 is 27.7. The number of thiophene rings is 1. The summed E-state index contributed by atoms with van der Waals surface area (Å²) in [7, 11) is -3.66. The number of hydrogen-bond acceptors (Lipinski definition) is 5. The Bertz CT molecular complexity index is 567. The average molecular weight is 304 g/mol. The van der Waals surface area contributed by atoms with Gasteiger partial charge in [0.2, 0.25) is 15.9 Å². The highest BCUT2D eigenvalue weighted by Gasteiger charge is 2.30. The number of rotatable bonds is 4. The van der Waals surface area contributed by atoms with Crippen LogP contribution >= 0.6 is 11.3 Å². The minimum atomic E-state index is -3.66. The van der Waals surface area contributed by atoms with Gasteiger partial charge in [-0.3, -0.25) is 4.79 Å². The molecule has 19 heavy (non-hydrogen) atoms. The molecular formula is C11H16N2O4S2. The van der Waals surface area contributed by atoms with Crippen molar-refractivity contribution in [2.24, 2.45) is 11.1 Å². The van der Waals surface area contributed by atoms with Gasteiger partial charge in [-0.25, -0.2) is 13.6 Å². The molecule has 0 aliphatic carbocycles. The van der Waals surface area contributed by atoms with Crippen molar-refractivity contribution in [3.05, 3.63) is 17.0 Å². The molecule has 1 aromatic rings. The maximum Gasteiger partial charge on any atom is 0.247 e.